The molecule has 0 heterocycles. The van der Waals surface area contributed by atoms with E-state index >= 15 is 0 Å². The van der Waals surface area contributed by atoms with Gasteiger partial charge in [-0.25, -0.2) is 8.78 Å². The molecular formula is C24H40F2O. The van der Waals surface area contributed by atoms with Gasteiger partial charge in [-0.05, 0) is 62.2 Å². The smallest absolute Gasteiger partial charge is 0.168 e. The van der Waals surface area contributed by atoms with Crippen molar-refractivity contribution in [2.75, 3.05) is 0 Å². The van der Waals surface area contributed by atoms with E-state index in [4.69, 9.17) is 4.74 Å². The van der Waals surface area contributed by atoms with Crippen LogP contribution in [0, 0.1) is 29.6 Å². The molecule has 0 aromatic heterocycles. The molecule has 0 aromatic carbocycles. The largest absolute Gasteiger partial charge is 0.493 e. The fourth-order valence-electron chi connectivity index (χ4n) is 5.99. The third-order valence-electron chi connectivity index (χ3n) is 7.82. The first-order valence-electron chi connectivity index (χ1n) is 11.5. The molecule has 3 aliphatic carbocycles. The molecule has 1 nitrogen and oxygen atoms in total. The van der Waals surface area contributed by atoms with Gasteiger partial charge in [-0.1, -0.05) is 64.9 Å². The molecule has 3 heteroatoms. The third-order valence-corrected chi connectivity index (χ3v) is 7.82. The molecule has 4 unspecified atom stereocenters. The van der Waals surface area contributed by atoms with Crippen LogP contribution in [0.1, 0.15) is 90.9 Å². The number of alkyl halides is 2. The summed E-state index contributed by atoms with van der Waals surface area (Å²) in [4.78, 5) is 0. The van der Waals surface area contributed by atoms with E-state index in [2.05, 4.69) is 13.5 Å². The molecule has 0 saturated heterocycles. The van der Waals surface area contributed by atoms with Gasteiger partial charge in [-0.3, -0.25) is 0 Å². The van der Waals surface area contributed by atoms with E-state index < -0.39 is 18.4 Å². The quantitative estimate of drug-likeness (QED) is 0.435. The first kappa shape index (κ1) is 21.1. The van der Waals surface area contributed by atoms with Crippen LogP contribution in [0.4, 0.5) is 8.78 Å². The molecule has 0 bridgehead atoms. The Labute approximate surface area is 165 Å². The van der Waals surface area contributed by atoms with Crippen LogP contribution in [-0.4, -0.2) is 18.4 Å². The highest BCUT2D eigenvalue weighted by atomic mass is 19.2. The topological polar surface area (TPSA) is 9.23 Å². The predicted molar refractivity (Wildman–Crippen MR) is 108 cm³/mol. The minimum absolute atomic E-state index is 0.106. The van der Waals surface area contributed by atoms with Crippen LogP contribution in [0.15, 0.2) is 12.3 Å². The summed E-state index contributed by atoms with van der Waals surface area (Å²) in [5.74, 6) is 3.45. The van der Waals surface area contributed by atoms with Crippen molar-refractivity contribution >= 4 is 0 Å². The molecular weight excluding hydrogens is 342 g/mol. The van der Waals surface area contributed by atoms with Gasteiger partial charge in [0.05, 0.1) is 5.76 Å². The summed E-state index contributed by atoms with van der Waals surface area (Å²) in [7, 11) is 0. The maximum absolute atomic E-state index is 14.8. The first-order valence-corrected chi connectivity index (χ1v) is 11.5. The van der Waals surface area contributed by atoms with Crippen molar-refractivity contribution in [3.05, 3.63) is 12.3 Å². The maximum Gasteiger partial charge on any atom is 0.168 e. The van der Waals surface area contributed by atoms with Crippen LogP contribution in [0.2, 0.25) is 0 Å². The molecule has 27 heavy (non-hydrogen) atoms. The average Bonchev–Trinajstić information content (AvgIpc) is 2.65. The van der Waals surface area contributed by atoms with Gasteiger partial charge in [0, 0.05) is 0 Å². The molecule has 3 aliphatic rings. The number of ether oxygens (including phenoxy) is 1. The molecule has 0 N–H and O–H groups in total. The zero-order chi connectivity index (χ0) is 19.4. The van der Waals surface area contributed by atoms with Crippen molar-refractivity contribution < 1.29 is 13.5 Å². The lowest BCUT2D eigenvalue weighted by atomic mass is 9.68. The summed E-state index contributed by atoms with van der Waals surface area (Å²) >= 11 is 0. The second-order valence-electron chi connectivity index (χ2n) is 9.97. The Morgan fingerprint density at radius 1 is 0.815 bits per heavy atom. The van der Waals surface area contributed by atoms with Crippen molar-refractivity contribution in [3.8, 4) is 0 Å². The second kappa shape index (κ2) is 9.74. The SMILES string of the molecule is C=C(C)OC1CCC(C2CCC(CCC3CCC(C)CC3)CC2)C(F)C1F. The Balaban J connectivity index is 1.39. The van der Waals surface area contributed by atoms with Crippen molar-refractivity contribution in [2.24, 2.45) is 29.6 Å². The van der Waals surface area contributed by atoms with E-state index in [9.17, 15) is 8.78 Å². The van der Waals surface area contributed by atoms with E-state index in [1.807, 2.05) is 0 Å². The van der Waals surface area contributed by atoms with E-state index in [0.29, 0.717) is 18.1 Å². The lowest BCUT2D eigenvalue weighted by Crippen LogP contribution is -2.45. The van der Waals surface area contributed by atoms with Crippen molar-refractivity contribution in [1.29, 1.82) is 0 Å². The van der Waals surface area contributed by atoms with Gasteiger partial charge in [-0.2, -0.15) is 0 Å². The van der Waals surface area contributed by atoms with Crippen LogP contribution >= 0.6 is 0 Å². The Hall–Kier alpha value is -0.600. The van der Waals surface area contributed by atoms with Gasteiger partial charge in [0.1, 0.15) is 12.3 Å². The van der Waals surface area contributed by atoms with Crippen LogP contribution in [0.3, 0.4) is 0 Å². The minimum atomic E-state index is -1.49. The predicted octanol–water partition coefficient (Wildman–Crippen LogP) is 7.40. The summed E-state index contributed by atoms with van der Waals surface area (Å²) in [5, 5.41) is 0. The number of allylic oxidation sites excluding steroid dienone is 1. The maximum atomic E-state index is 14.8. The summed E-state index contributed by atoms with van der Waals surface area (Å²) < 4.78 is 34.7. The monoisotopic (exact) mass is 382 g/mol. The zero-order valence-corrected chi connectivity index (χ0v) is 17.5. The van der Waals surface area contributed by atoms with Crippen molar-refractivity contribution in [3.63, 3.8) is 0 Å². The Kier molecular flexibility index (Phi) is 7.62. The number of hydrogen-bond donors (Lipinski definition) is 0. The summed E-state index contributed by atoms with van der Waals surface area (Å²) in [6.07, 6.45) is 10.9. The lowest BCUT2D eigenvalue weighted by Gasteiger charge is -2.41. The Bertz CT molecular complexity index is 463. The summed E-state index contributed by atoms with van der Waals surface area (Å²) in [6.45, 7) is 7.76. The van der Waals surface area contributed by atoms with Gasteiger partial charge in [0.15, 0.2) is 6.17 Å². The average molecular weight is 383 g/mol. The summed E-state index contributed by atoms with van der Waals surface area (Å²) in [6, 6.07) is 0. The summed E-state index contributed by atoms with van der Waals surface area (Å²) in [5.41, 5.74) is 0. The molecule has 4 atom stereocenters. The number of rotatable bonds is 6. The lowest BCUT2D eigenvalue weighted by molar-refractivity contribution is -0.0667. The Morgan fingerprint density at radius 2 is 1.37 bits per heavy atom. The van der Waals surface area contributed by atoms with Gasteiger partial charge in [0.2, 0.25) is 0 Å². The number of halogens is 2. The van der Waals surface area contributed by atoms with E-state index in [1.165, 1.54) is 51.4 Å². The van der Waals surface area contributed by atoms with Crippen molar-refractivity contribution in [2.45, 2.75) is 109 Å². The van der Waals surface area contributed by atoms with Crippen LogP contribution in [-0.2, 0) is 4.74 Å². The second-order valence-corrected chi connectivity index (χ2v) is 9.97. The van der Waals surface area contributed by atoms with E-state index in [0.717, 1.165) is 37.0 Å². The van der Waals surface area contributed by atoms with Crippen LogP contribution in [0.25, 0.3) is 0 Å². The molecule has 3 saturated carbocycles. The highest BCUT2D eigenvalue weighted by Gasteiger charge is 2.45. The van der Waals surface area contributed by atoms with Gasteiger partial charge in [-0.15, -0.1) is 0 Å². The molecule has 0 spiro atoms. The third kappa shape index (κ3) is 5.70. The van der Waals surface area contributed by atoms with E-state index in [-0.39, 0.29) is 5.92 Å². The molecule has 0 radical (unpaired) electrons. The highest BCUT2D eigenvalue weighted by molar-refractivity contribution is 4.95. The van der Waals surface area contributed by atoms with Crippen LogP contribution in [0.5, 0.6) is 0 Å². The Morgan fingerprint density at radius 3 is 1.93 bits per heavy atom. The highest BCUT2D eigenvalue weighted by Crippen LogP contribution is 2.44. The number of hydrogen-bond acceptors (Lipinski definition) is 1. The minimum Gasteiger partial charge on any atom is -0.493 e. The molecule has 3 rings (SSSR count). The molecule has 0 amide bonds. The van der Waals surface area contributed by atoms with Gasteiger partial charge in [0.25, 0.3) is 0 Å². The van der Waals surface area contributed by atoms with Crippen molar-refractivity contribution in [1.82, 2.24) is 0 Å². The molecule has 3 fully saturated rings. The molecule has 156 valence electrons. The zero-order valence-electron chi connectivity index (χ0n) is 17.5. The standard InChI is InChI=1S/C24H40F2O/c1-16(2)27-22-15-14-21(23(25)24(22)26)20-12-10-19(11-13-20)9-8-18-6-4-17(3)5-7-18/h17-24H,1,4-15H2,2-3H3. The van der Waals surface area contributed by atoms with Gasteiger partial charge >= 0.3 is 0 Å². The molecule has 0 aromatic rings. The van der Waals surface area contributed by atoms with Gasteiger partial charge < -0.3 is 4.74 Å². The molecule has 0 aliphatic heterocycles. The fraction of sp³-hybridized carbons (Fsp3) is 0.917. The van der Waals surface area contributed by atoms with E-state index in [1.54, 1.807) is 6.92 Å². The van der Waals surface area contributed by atoms with Crippen LogP contribution < -0.4 is 0 Å². The first-order chi connectivity index (χ1) is 12.9. The normalized spacial score (nSPS) is 43.3. The fourth-order valence-corrected chi connectivity index (χ4v) is 5.99.